The maximum atomic E-state index is 12.1. The van der Waals surface area contributed by atoms with Crippen molar-refractivity contribution in [1.82, 2.24) is 10.2 Å². The van der Waals surface area contributed by atoms with Crippen LogP contribution in [0.5, 0.6) is 0 Å². The van der Waals surface area contributed by atoms with Crippen LogP contribution in [0.4, 0.5) is 0 Å². The highest BCUT2D eigenvalue weighted by Gasteiger charge is 2.19. The molecular weight excluding hydrogens is 260 g/mol. The lowest BCUT2D eigenvalue weighted by molar-refractivity contribution is 0.0913. The van der Waals surface area contributed by atoms with Gasteiger partial charge >= 0.3 is 0 Å². The lowest BCUT2D eigenvalue weighted by Crippen LogP contribution is -2.46. The van der Waals surface area contributed by atoms with Crippen molar-refractivity contribution >= 4 is 17.2 Å². The Labute approximate surface area is 117 Å². The van der Waals surface area contributed by atoms with E-state index in [1.54, 1.807) is 6.07 Å². The van der Waals surface area contributed by atoms with Crippen LogP contribution < -0.4 is 5.32 Å². The van der Waals surface area contributed by atoms with E-state index in [0.717, 1.165) is 30.8 Å². The van der Waals surface area contributed by atoms with Crippen LogP contribution in [-0.4, -0.2) is 48.7 Å². The van der Waals surface area contributed by atoms with E-state index < -0.39 is 0 Å². The van der Waals surface area contributed by atoms with Gasteiger partial charge in [0.15, 0.2) is 0 Å². The molecule has 5 heteroatoms. The van der Waals surface area contributed by atoms with Crippen molar-refractivity contribution in [1.29, 1.82) is 0 Å². The summed E-state index contributed by atoms with van der Waals surface area (Å²) in [5.74, 6) is 5.36. The van der Waals surface area contributed by atoms with Crippen LogP contribution in [0.3, 0.4) is 0 Å². The van der Waals surface area contributed by atoms with Gasteiger partial charge in [-0.05, 0) is 32.5 Å². The summed E-state index contributed by atoms with van der Waals surface area (Å²) >= 11 is 1.42. The minimum Gasteiger partial charge on any atom is -0.384 e. The maximum Gasteiger partial charge on any atom is 0.252 e. The normalized spacial score (nSPS) is 19.6. The van der Waals surface area contributed by atoms with E-state index in [-0.39, 0.29) is 18.6 Å². The van der Waals surface area contributed by atoms with Crippen LogP contribution in [-0.2, 0) is 0 Å². The van der Waals surface area contributed by atoms with Crippen molar-refractivity contribution in [3.63, 3.8) is 0 Å². The van der Waals surface area contributed by atoms with Gasteiger partial charge < -0.3 is 15.3 Å². The minimum atomic E-state index is -0.159. The van der Waals surface area contributed by atoms with Crippen LogP contribution in [0.2, 0.25) is 0 Å². The van der Waals surface area contributed by atoms with Gasteiger partial charge in [-0.3, -0.25) is 4.79 Å². The molecule has 2 heterocycles. The molecule has 1 aromatic heterocycles. The Morgan fingerprint density at radius 2 is 2.53 bits per heavy atom. The van der Waals surface area contributed by atoms with Crippen molar-refractivity contribution in [2.45, 2.75) is 18.9 Å². The third-order valence-corrected chi connectivity index (χ3v) is 3.96. The molecular formula is C14H18N2O2S. The van der Waals surface area contributed by atoms with Gasteiger partial charge in [0.1, 0.15) is 6.61 Å². The molecule has 1 atom stereocenters. The average Bonchev–Trinajstić information content (AvgIpc) is 2.85. The number of hydrogen-bond acceptors (Lipinski definition) is 4. The van der Waals surface area contributed by atoms with Gasteiger partial charge in [0.05, 0.1) is 10.4 Å². The van der Waals surface area contributed by atoms with Gasteiger partial charge in [0, 0.05) is 18.0 Å². The van der Waals surface area contributed by atoms with E-state index in [4.69, 9.17) is 5.11 Å². The van der Waals surface area contributed by atoms with E-state index >= 15 is 0 Å². The fourth-order valence-electron chi connectivity index (χ4n) is 2.20. The van der Waals surface area contributed by atoms with Crippen LogP contribution in [0.1, 0.15) is 28.1 Å². The number of hydrogen-bond donors (Lipinski definition) is 2. The van der Waals surface area contributed by atoms with Crippen LogP contribution in [0.25, 0.3) is 0 Å². The molecule has 4 nitrogen and oxygen atoms in total. The number of likely N-dealkylation sites (N-methyl/N-ethyl adjacent to an activating group) is 1. The Kier molecular flexibility index (Phi) is 4.97. The largest absolute Gasteiger partial charge is 0.384 e. The molecule has 1 aliphatic heterocycles. The number of likely N-dealkylation sites (tertiary alicyclic amines) is 1. The van der Waals surface area contributed by atoms with Gasteiger partial charge in [0.25, 0.3) is 5.91 Å². The minimum absolute atomic E-state index is 0.0337. The van der Waals surface area contributed by atoms with Gasteiger partial charge in [-0.25, -0.2) is 0 Å². The fourth-order valence-corrected chi connectivity index (χ4v) is 2.96. The Hall–Kier alpha value is -1.35. The highest BCUT2D eigenvalue weighted by atomic mass is 32.1. The Morgan fingerprint density at radius 1 is 1.68 bits per heavy atom. The van der Waals surface area contributed by atoms with E-state index in [9.17, 15) is 4.79 Å². The molecule has 0 bridgehead atoms. The number of rotatable bonds is 2. The zero-order chi connectivity index (χ0) is 13.7. The first kappa shape index (κ1) is 14.1. The highest BCUT2D eigenvalue weighted by Crippen LogP contribution is 2.15. The smallest absolute Gasteiger partial charge is 0.252 e. The van der Waals surface area contributed by atoms with Crippen molar-refractivity contribution < 1.29 is 9.90 Å². The van der Waals surface area contributed by atoms with Gasteiger partial charge in [-0.1, -0.05) is 11.8 Å². The molecule has 0 radical (unpaired) electrons. The van der Waals surface area contributed by atoms with Gasteiger partial charge in [-0.2, -0.15) is 0 Å². The number of carbonyl (C=O) groups is 1. The molecule has 1 saturated heterocycles. The lowest BCUT2D eigenvalue weighted by Gasteiger charge is -2.30. The number of piperidine rings is 1. The molecule has 0 aliphatic carbocycles. The molecule has 0 aromatic carbocycles. The molecule has 1 aromatic rings. The average molecular weight is 278 g/mol. The van der Waals surface area contributed by atoms with E-state index in [0.29, 0.717) is 5.56 Å². The Balaban J connectivity index is 1.94. The zero-order valence-electron chi connectivity index (χ0n) is 11.0. The van der Waals surface area contributed by atoms with Gasteiger partial charge in [0.2, 0.25) is 0 Å². The number of thiophene rings is 1. The molecule has 1 unspecified atom stereocenters. The van der Waals surface area contributed by atoms with Crippen molar-refractivity contribution in [3.8, 4) is 11.8 Å². The zero-order valence-corrected chi connectivity index (χ0v) is 11.8. The topological polar surface area (TPSA) is 52.6 Å². The lowest BCUT2D eigenvalue weighted by atomic mass is 10.1. The Morgan fingerprint density at radius 3 is 3.26 bits per heavy atom. The third kappa shape index (κ3) is 4.06. The summed E-state index contributed by atoms with van der Waals surface area (Å²) in [4.78, 5) is 15.1. The summed E-state index contributed by atoms with van der Waals surface area (Å²) in [5, 5.41) is 13.5. The van der Waals surface area contributed by atoms with Crippen molar-refractivity contribution in [3.05, 3.63) is 21.9 Å². The quantitative estimate of drug-likeness (QED) is 0.791. The standard InChI is InChI=1S/C14H18N2O2S/c1-16-6-2-4-12(9-16)15-14(18)11-8-13(19-10-11)5-3-7-17/h8,10,12,17H,2,4,6-7,9H2,1H3,(H,15,18). The molecule has 102 valence electrons. The molecule has 2 rings (SSSR count). The molecule has 0 saturated carbocycles. The van der Waals surface area contributed by atoms with Crippen LogP contribution >= 0.6 is 11.3 Å². The monoisotopic (exact) mass is 278 g/mol. The second-order valence-electron chi connectivity index (χ2n) is 4.73. The maximum absolute atomic E-state index is 12.1. The van der Waals surface area contributed by atoms with Crippen LogP contribution in [0.15, 0.2) is 11.4 Å². The number of amides is 1. The SMILES string of the molecule is CN1CCCC(NC(=O)c2csc(C#CCO)c2)C1. The highest BCUT2D eigenvalue weighted by molar-refractivity contribution is 7.10. The third-order valence-electron chi connectivity index (χ3n) is 3.11. The number of nitrogens with zero attached hydrogens (tertiary/aromatic N) is 1. The van der Waals surface area contributed by atoms with Gasteiger partial charge in [-0.15, -0.1) is 11.3 Å². The molecule has 1 amide bonds. The van der Waals surface area contributed by atoms with Crippen molar-refractivity contribution in [2.24, 2.45) is 0 Å². The Bertz CT molecular complexity index is 501. The summed E-state index contributed by atoms with van der Waals surface area (Å²) in [6, 6.07) is 2.01. The fraction of sp³-hybridized carbons (Fsp3) is 0.500. The summed E-state index contributed by atoms with van der Waals surface area (Å²) < 4.78 is 0. The molecule has 0 spiro atoms. The van der Waals surface area contributed by atoms with Crippen molar-refractivity contribution in [2.75, 3.05) is 26.7 Å². The summed E-state index contributed by atoms with van der Waals surface area (Å²) in [7, 11) is 2.07. The molecule has 1 aliphatic rings. The number of aliphatic hydroxyl groups is 1. The number of aliphatic hydroxyl groups excluding tert-OH is 1. The summed E-state index contributed by atoms with van der Waals surface area (Å²) in [6.07, 6.45) is 2.16. The van der Waals surface area contributed by atoms with E-state index in [1.807, 2.05) is 5.38 Å². The van der Waals surface area contributed by atoms with Crippen LogP contribution in [0, 0.1) is 11.8 Å². The molecule has 19 heavy (non-hydrogen) atoms. The first-order valence-electron chi connectivity index (χ1n) is 6.36. The number of carbonyl (C=O) groups excluding carboxylic acids is 1. The molecule has 1 fully saturated rings. The summed E-state index contributed by atoms with van der Waals surface area (Å²) in [5.41, 5.74) is 0.653. The predicted octanol–water partition coefficient (Wildman–Crippen LogP) is 0.916. The first-order valence-corrected chi connectivity index (χ1v) is 7.24. The molecule has 2 N–H and O–H groups in total. The predicted molar refractivity (Wildman–Crippen MR) is 76.3 cm³/mol. The summed E-state index contributed by atoms with van der Waals surface area (Å²) in [6.45, 7) is 1.85. The first-order chi connectivity index (χ1) is 9.19. The van der Waals surface area contributed by atoms with E-state index in [2.05, 4.69) is 29.1 Å². The van der Waals surface area contributed by atoms with E-state index in [1.165, 1.54) is 11.3 Å². The number of nitrogens with one attached hydrogen (secondary N) is 1. The second-order valence-corrected chi connectivity index (χ2v) is 5.65. The second kappa shape index (κ2) is 6.71.